The molecular weight excluding hydrogens is 210 g/mol. The summed E-state index contributed by atoms with van der Waals surface area (Å²) in [4.78, 5) is 10.3. The Kier molecular flexibility index (Phi) is 4.71. The molecule has 0 aromatic rings. The van der Waals surface area contributed by atoms with Crippen LogP contribution in [0.1, 0.15) is 13.3 Å². The van der Waals surface area contributed by atoms with Crippen molar-refractivity contribution >= 4 is 41.1 Å². The van der Waals surface area contributed by atoms with Crippen molar-refractivity contribution in [1.29, 1.82) is 0 Å². The molecule has 0 spiro atoms. The van der Waals surface area contributed by atoms with Gasteiger partial charge in [-0.15, -0.1) is 0 Å². The predicted octanol–water partition coefficient (Wildman–Crippen LogP) is 1.94. The highest BCUT2D eigenvalue weighted by Crippen LogP contribution is 2.34. The average molecular weight is 219 g/mol. The molecule has 0 rings (SSSR count). The Morgan fingerprint density at radius 2 is 2.00 bits per heavy atom. The summed E-state index contributed by atoms with van der Waals surface area (Å²) in [6.07, 6.45) is -0.180. The number of carbonyl (C=O) groups is 1. The van der Waals surface area contributed by atoms with Crippen LogP contribution >= 0.6 is 34.8 Å². The van der Waals surface area contributed by atoms with E-state index in [0.29, 0.717) is 12.7 Å². The molecule has 5 heteroatoms. The third kappa shape index (κ3) is 3.61. The van der Waals surface area contributed by atoms with Crippen LogP contribution < -0.4 is 0 Å². The lowest BCUT2D eigenvalue weighted by Crippen LogP contribution is -2.33. The topological polar surface area (TPSA) is 37.3 Å². The molecule has 2 atom stereocenters. The second-order valence-corrected chi connectivity index (χ2v) is 4.56. The summed E-state index contributed by atoms with van der Waals surface area (Å²) >= 11 is 16.1. The number of halogens is 3. The Morgan fingerprint density at radius 1 is 1.55 bits per heavy atom. The molecule has 0 aliphatic carbocycles. The van der Waals surface area contributed by atoms with Gasteiger partial charge in [-0.25, -0.2) is 0 Å². The van der Waals surface area contributed by atoms with E-state index >= 15 is 0 Å². The number of aliphatic hydroxyl groups excluding tert-OH is 1. The third-order valence-corrected chi connectivity index (χ3v) is 2.06. The van der Waals surface area contributed by atoms with E-state index in [1.807, 2.05) is 0 Å². The van der Waals surface area contributed by atoms with Crippen molar-refractivity contribution in [1.82, 2.24) is 0 Å². The van der Waals surface area contributed by atoms with Gasteiger partial charge in [0, 0.05) is 5.92 Å². The molecular formula is C6H9Cl3O2. The van der Waals surface area contributed by atoms with E-state index in [2.05, 4.69) is 0 Å². The maximum Gasteiger partial charge on any atom is 0.216 e. The smallest absolute Gasteiger partial charge is 0.216 e. The van der Waals surface area contributed by atoms with Crippen molar-refractivity contribution in [2.75, 3.05) is 0 Å². The molecule has 0 fully saturated rings. The Balaban J connectivity index is 4.20. The number of hydrogen-bond donors (Lipinski definition) is 1. The van der Waals surface area contributed by atoms with E-state index in [0.717, 1.165) is 0 Å². The summed E-state index contributed by atoms with van der Waals surface area (Å²) in [6.45, 7) is 1.73. The molecule has 0 amide bonds. The Hall–Kier alpha value is 0.500. The zero-order valence-electron chi connectivity index (χ0n) is 5.93. The molecule has 2 nitrogen and oxygen atoms in total. The quantitative estimate of drug-likeness (QED) is 0.582. The number of rotatable bonds is 3. The van der Waals surface area contributed by atoms with Crippen LogP contribution in [0.2, 0.25) is 0 Å². The van der Waals surface area contributed by atoms with Crippen molar-refractivity contribution < 1.29 is 9.90 Å². The number of alkyl halides is 3. The van der Waals surface area contributed by atoms with Crippen molar-refractivity contribution in [2.24, 2.45) is 5.92 Å². The number of hydrogen-bond acceptors (Lipinski definition) is 2. The van der Waals surface area contributed by atoms with Gasteiger partial charge in [0.25, 0.3) is 0 Å². The Bertz CT molecular complexity index is 132. The summed E-state index contributed by atoms with van der Waals surface area (Å²) in [5.41, 5.74) is 0. The van der Waals surface area contributed by atoms with E-state index in [1.54, 1.807) is 6.92 Å². The molecule has 0 aliphatic heterocycles. The maximum atomic E-state index is 10.3. The van der Waals surface area contributed by atoms with Gasteiger partial charge in [-0.2, -0.15) is 0 Å². The van der Waals surface area contributed by atoms with Crippen LogP contribution in [0.4, 0.5) is 0 Å². The van der Waals surface area contributed by atoms with Crippen LogP contribution in [0.15, 0.2) is 0 Å². The first kappa shape index (κ1) is 11.5. The van der Waals surface area contributed by atoms with Gasteiger partial charge in [0.15, 0.2) is 0 Å². The van der Waals surface area contributed by atoms with Crippen LogP contribution in [0, 0.1) is 5.92 Å². The second kappa shape index (κ2) is 4.51. The molecule has 66 valence electrons. The fourth-order valence-electron chi connectivity index (χ4n) is 0.637. The van der Waals surface area contributed by atoms with E-state index in [9.17, 15) is 9.90 Å². The molecule has 0 aliphatic rings. The van der Waals surface area contributed by atoms with Crippen molar-refractivity contribution in [3.05, 3.63) is 0 Å². The molecule has 1 N–H and O–H groups in total. The zero-order chi connectivity index (χ0) is 9.07. The van der Waals surface area contributed by atoms with E-state index in [4.69, 9.17) is 34.8 Å². The normalized spacial score (nSPS) is 17.5. The molecule has 0 aromatic carbocycles. The van der Waals surface area contributed by atoms with E-state index in [-0.39, 0.29) is 0 Å². The van der Waals surface area contributed by atoms with E-state index in [1.165, 1.54) is 0 Å². The highest BCUT2D eigenvalue weighted by Gasteiger charge is 2.36. The monoisotopic (exact) mass is 218 g/mol. The van der Waals surface area contributed by atoms with Crippen LogP contribution in [0.5, 0.6) is 0 Å². The fourth-order valence-corrected chi connectivity index (χ4v) is 1.12. The fraction of sp³-hybridized carbons (Fsp3) is 0.833. The molecule has 0 saturated heterocycles. The highest BCUT2D eigenvalue weighted by atomic mass is 35.6. The van der Waals surface area contributed by atoms with Gasteiger partial charge in [-0.3, -0.25) is 0 Å². The number of aliphatic hydroxyl groups is 1. The van der Waals surface area contributed by atoms with Gasteiger partial charge in [-0.1, -0.05) is 41.7 Å². The van der Waals surface area contributed by atoms with Gasteiger partial charge in [0.2, 0.25) is 3.79 Å². The molecule has 0 heterocycles. The van der Waals surface area contributed by atoms with Crippen LogP contribution in [-0.2, 0) is 4.79 Å². The summed E-state index contributed by atoms with van der Waals surface area (Å²) in [5, 5.41) is 9.22. The molecule has 0 aromatic heterocycles. The van der Waals surface area contributed by atoms with Crippen LogP contribution in [0.25, 0.3) is 0 Å². The predicted molar refractivity (Wildman–Crippen MR) is 46.1 cm³/mol. The van der Waals surface area contributed by atoms with Crippen LogP contribution in [-0.4, -0.2) is 21.3 Å². The SMILES string of the molecule is CCC(C=O)C(O)C(Cl)(Cl)Cl. The van der Waals surface area contributed by atoms with Crippen molar-refractivity contribution in [3.63, 3.8) is 0 Å². The largest absolute Gasteiger partial charge is 0.388 e. The summed E-state index contributed by atoms with van der Waals surface area (Å²) < 4.78 is -1.78. The van der Waals surface area contributed by atoms with Crippen LogP contribution in [0.3, 0.4) is 0 Å². The zero-order valence-corrected chi connectivity index (χ0v) is 8.20. The highest BCUT2D eigenvalue weighted by molar-refractivity contribution is 6.68. The lowest BCUT2D eigenvalue weighted by Gasteiger charge is -2.22. The summed E-state index contributed by atoms with van der Waals surface area (Å²) in [6, 6.07) is 0. The number of aldehydes is 1. The Morgan fingerprint density at radius 3 is 2.09 bits per heavy atom. The standard InChI is InChI=1S/C6H9Cl3O2/c1-2-4(3-10)5(11)6(7,8)9/h3-5,11H,2H2,1H3. The van der Waals surface area contributed by atoms with Crippen molar-refractivity contribution in [3.8, 4) is 0 Å². The summed E-state index contributed by atoms with van der Waals surface area (Å²) in [5.74, 6) is -0.609. The second-order valence-electron chi connectivity index (χ2n) is 2.19. The molecule has 11 heavy (non-hydrogen) atoms. The first-order valence-corrected chi connectivity index (χ1v) is 4.27. The lowest BCUT2D eigenvalue weighted by molar-refractivity contribution is -0.114. The maximum absolute atomic E-state index is 10.3. The lowest BCUT2D eigenvalue weighted by atomic mass is 10.0. The first-order chi connectivity index (χ1) is 4.93. The third-order valence-electron chi connectivity index (χ3n) is 1.39. The average Bonchev–Trinajstić information content (AvgIpc) is 1.88. The van der Waals surface area contributed by atoms with Gasteiger partial charge < -0.3 is 9.90 Å². The minimum Gasteiger partial charge on any atom is -0.388 e. The summed E-state index contributed by atoms with van der Waals surface area (Å²) in [7, 11) is 0. The van der Waals surface area contributed by atoms with Crippen molar-refractivity contribution in [2.45, 2.75) is 23.2 Å². The molecule has 0 bridgehead atoms. The molecule has 2 unspecified atom stereocenters. The first-order valence-electron chi connectivity index (χ1n) is 3.13. The molecule has 0 radical (unpaired) electrons. The Labute approximate surface area is 80.4 Å². The molecule has 0 saturated carbocycles. The van der Waals surface area contributed by atoms with Gasteiger partial charge >= 0.3 is 0 Å². The van der Waals surface area contributed by atoms with E-state index < -0.39 is 15.8 Å². The minimum atomic E-state index is -1.78. The van der Waals surface area contributed by atoms with Gasteiger partial charge in [0.1, 0.15) is 12.4 Å². The van der Waals surface area contributed by atoms with Gasteiger partial charge in [-0.05, 0) is 6.42 Å². The minimum absolute atomic E-state index is 0.457. The number of carbonyl (C=O) groups excluding carboxylic acids is 1. The van der Waals surface area contributed by atoms with Gasteiger partial charge in [0.05, 0.1) is 0 Å².